The Morgan fingerprint density at radius 3 is 2.82 bits per heavy atom. The summed E-state index contributed by atoms with van der Waals surface area (Å²) in [6, 6.07) is 9.72. The number of hydrogen-bond acceptors (Lipinski definition) is 6. The van der Waals surface area contributed by atoms with Crippen molar-refractivity contribution in [2.24, 2.45) is 0 Å². The summed E-state index contributed by atoms with van der Waals surface area (Å²) >= 11 is 0. The van der Waals surface area contributed by atoms with Crippen LogP contribution in [0.4, 0.5) is 0 Å². The Kier molecular flexibility index (Phi) is 3.78. The molecule has 0 unspecified atom stereocenters. The van der Waals surface area contributed by atoms with E-state index in [1.807, 2.05) is 30.3 Å². The fourth-order valence-electron chi connectivity index (χ4n) is 2.03. The number of aromatic amines is 1. The molecule has 2 N–H and O–H groups in total. The predicted molar refractivity (Wildman–Crippen MR) is 77.1 cm³/mol. The molecule has 3 rings (SSSR count). The number of carbonyl (C=O) groups is 1. The zero-order valence-electron chi connectivity index (χ0n) is 11.4. The molecule has 0 aliphatic heterocycles. The first-order chi connectivity index (χ1) is 10.7. The first-order valence-corrected chi connectivity index (χ1v) is 6.52. The molecule has 0 saturated carbocycles. The lowest BCUT2D eigenvalue weighted by Crippen LogP contribution is -2.00. The van der Waals surface area contributed by atoms with Gasteiger partial charge in [-0.15, -0.1) is 10.2 Å². The Bertz CT molecular complexity index is 791. The number of nitrogens with one attached hydrogen (secondary N) is 1. The van der Waals surface area contributed by atoms with Crippen LogP contribution in [0.15, 0.2) is 53.4 Å². The fourth-order valence-corrected chi connectivity index (χ4v) is 2.03. The number of aliphatic hydroxyl groups excluding tert-OH is 1. The normalized spacial score (nSPS) is 11.5. The van der Waals surface area contributed by atoms with Gasteiger partial charge in [-0.1, -0.05) is 30.3 Å². The monoisotopic (exact) mass is 296 g/mol. The van der Waals surface area contributed by atoms with Crippen molar-refractivity contribution in [3.63, 3.8) is 0 Å². The SMILES string of the molecule is O=C(C=C(O)c1nn[nH]n1)c1cocc1Cc1ccccc1. The summed E-state index contributed by atoms with van der Waals surface area (Å²) in [4.78, 5) is 12.2. The quantitative estimate of drug-likeness (QED) is 0.424. The number of hydrogen-bond donors (Lipinski definition) is 2. The molecule has 110 valence electrons. The van der Waals surface area contributed by atoms with Crippen molar-refractivity contribution in [3.05, 3.63) is 71.4 Å². The van der Waals surface area contributed by atoms with Crippen molar-refractivity contribution in [3.8, 4) is 0 Å². The molecule has 22 heavy (non-hydrogen) atoms. The van der Waals surface area contributed by atoms with Gasteiger partial charge in [0.2, 0.25) is 5.82 Å². The highest BCUT2D eigenvalue weighted by molar-refractivity contribution is 6.08. The lowest BCUT2D eigenvalue weighted by atomic mass is 10.0. The van der Waals surface area contributed by atoms with E-state index < -0.39 is 0 Å². The lowest BCUT2D eigenvalue weighted by Gasteiger charge is -2.01. The molecule has 3 aromatic rings. The van der Waals surface area contributed by atoms with E-state index in [9.17, 15) is 9.90 Å². The van der Waals surface area contributed by atoms with E-state index in [1.165, 1.54) is 12.5 Å². The van der Waals surface area contributed by atoms with E-state index in [0.717, 1.165) is 17.2 Å². The zero-order chi connectivity index (χ0) is 15.4. The van der Waals surface area contributed by atoms with E-state index in [0.29, 0.717) is 12.0 Å². The Hall–Kier alpha value is -3.22. The molecular weight excluding hydrogens is 284 g/mol. The summed E-state index contributed by atoms with van der Waals surface area (Å²) in [5.74, 6) is -0.783. The molecule has 0 bridgehead atoms. The minimum atomic E-state index is -0.387. The summed E-state index contributed by atoms with van der Waals surface area (Å²) in [7, 11) is 0. The topological polar surface area (TPSA) is 105 Å². The average molecular weight is 296 g/mol. The van der Waals surface area contributed by atoms with Crippen LogP contribution >= 0.6 is 0 Å². The lowest BCUT2D eigenvalue weighted by molar-refractivity contribution is 0.104. The van der Waals surface area contributed by atoms with Crippen LogP contribution in [0.1, 0.15) is 27.3 Å². The Morgan fingerprint density at radius 1 is 1.27 bits per heavy atom. The number of allylic oxidation sites excluding steroid dienone is 1. The van der Waals surface area contributed by atoms with Gasteiger partial charge in [0, 0.05) is 18.1 Å². The maximum absolute atomic E-state index is 12.2. The third-order valence-electron chi connectivity index (χ3n) is 3.09. The summed E-state index contributed by atoms with van der Waals surface area (Å²) in [5.41, 5.74) is 2.19. The molecule has 1 aromatic carbocycles. The second kappa shape index (κ2) is 6.04. The number of aromatic nitrogens is 4. The van der Waals surface area contributed by atoms with Crippen LogP contribution in [-0.4, -0.2) is 31.5 Å². The van der Waals surface area contributed by atoms with Crippen LogP contribution in [0.5, 0.6) is 0 Å². The van der Waals surface area contributed by atoms with E-state index in [2.05, 4.69) is 20.6 Å². The Labute approximate surface area is 125 Å². The molecule has 2 aromatic heterocycles. The number of carbonyl (C=O) groups excluding carboxylic acids is 1. The second-order valence-electron chi connectivity index (χ2n) is 4.60. The highest BCUT2D eigenvalue weighted by Crippen LogP contribution is 2.18. The molecule has 2 heterocycles. The minimum Gasteiger partial charge on any atom is -0.504 e. The van der Waals surface area contributed by atoms with Crippen molar-refractivity contribution in [2.45, 2.75) is 6.42 Å². The Balaban J connectivity index is 1.82. The van der Waals surface area contributed by atoms with Gasteiger partial charge in [0.25, 0.3) is 0 Å². The molecular formula is C15H12N4O3. The first-order valence-electron chi connectivity index (χ1n) is 6.52. The number of furan rings is 1. The molecule has 0 radical (unpaired) electrons. The number of aliphatic hydroxyl groups is 1. The number of rotatable bonds is 5. The van der Waals surface area contributed by atoms with Crippen LogP contribution < -0.4 is 0 Å². The van der Waals surface area contributed by atoms with Crippen molar-refractivity contribution in [2.75, 3.05) is 0 Å². The van der Waals surface area contributed by atoms with Gasteiger partial charge in [0.15, 0.2) is 11.5 Å². The molecule has 0 saturated heterocycles. The molecule has 0 atom stereocenters. The molecule has 0 fully saturated rings. The van der Waals surface area contributed by atoms with E-state index in [1.54, 1.807) is 0 Å². The van der Waals surface area contributed by atoms with Crippen molar-refractivity contribution >= 4 is 11.5 Å². The standard InChI is InChI=1S/C15H12N4O3/c20-13(7-14(21)15-16-18-19-17-15)12-9-22-8-11(12)6-10-4-2-1-3-5-10/h1-5,7-9,21H,6H2,(H,16,17,18,19). The van der Waals surface area contributed by atoms with Crippen LogP contribution in [0.25, 0.3) is 5.76 Å². The third-order valence-corrected chi connectivity index (χ3v) is 3.09. The fraction of sp³-hybridized carbons (Fsp3) is 0.0667. The summed E-state index contributed by atoms with van der Waals surface area (Å²) < 4.78 is 5.13. The van der Waals surface area contributed by atoms with Crippen LogP contribution in [-0.2, 0) is 6.42 Å². The molecule has 7 nitrogen and oxygen atoms in total. The van der Waals surface area contributed by atoms with Gasteiger partial charge in [-0.05, 0) is 10.8 Å². The highest BCUT2D eigenvalue weighted by Gasteiger charge is 2.15. The first kappa shape index (κ1) is 13.7. The van der Waals surface area contributed by atoms with Crippen LogP contribution in [0.3, 0.4) is 0 Å². The number of nitrogens with zero attached hydrogens (tertiary/aromatic N) is 3. The number of benzene rings is 1. The smallest absolute Gasteiger partial charge is 0.239 e. The van der Waals surface area contributed by atoms with Gasteiger partial charge in [-0.3, -0.25) is 4.79 Å². The third kappa shape index (κ3) is 2.93. The predicted octanol–water partition coefficient (Wildman–Crippen LogP) is 2.17. The largest absolute Gasteiger partial charge is 0.504 e. The molecule has 0 spiro atoms. The summed E-state index contributed by atoms with van der Waals surface area (Å²) in [5, 5.41) is 22.5. The Morgan fingerprint density at radius 2 is 2.09 bits per heavy atom. The molecule has 0 aliphatic carbocycles. The van der Waals surface area contributed by atoms with E-state index in [4.69, 9.17) is 4.42 Å². The minimum absolute atomic E-state index is 0.0403. The summed E-state index contributed by atoms with van der Waals surface area (Å²) in [6.07, 6.45) is 4.50. The van der Waals surface area contributed by atoms with Gasteiger partial charge < -0.3 is 9.52 Å². The van der Waals surface area contributed by atoms with E-state index >= 15 is 0 Å². The van der Waals surface area contributed by atoms with Crippen molar-refractivity contribution in [1.82, 2.24) is 20.6 Å². The van der Waals surface area contributed by atoms with E-state index in [-0.39, 0.29) is 17.4 Å². The molecule has 0 aliphatic rings. The summed E-state index contributed by atoms with van der Waals surface area (Å²) in [6.45, 7) is 0. The van der Waals surface area contributed by atoms with Crippen LogP contribution in [0.2, 0.25) is 0 Å². The van der Waals surface area contributed by atoms with Gasteiger partial charge in [-0.25, -0.2) is 0 Å². The zero-order valence-corrected chi connectivity index (χ0v) is 11.4. The molecule has 7 heteroatoms. The highest BCUT2D eigenvalue weighted by atomic mass is 16.3. The number of tetrazole rings is 1. The maximum atomic E-state index is 12.2. The number of H-pyrrole nitrogens is 1. The van der Waals surface area contributed by atoms with Gasteiger partial charge in [0.05, 0.1) is 11.8 Å². The van der Waals surface area contributed by atoms with Crippen LogP contribution in [0, 0.1) is 0 Å². The van der Waals surface area contributed by atoms with Gasteiger partial charge >= 0.3 is 0 Å². The maximum Gasteiger partial charge on any atom is 0.239 e. The van der Waals surface area contributed by atoms with Gasteiger partial charge in [-0.2, -0.15) is 5.21 Å². The number of ketones is 1. The van der Waals surface area contributed by atoms with Crippen molar-refractivity contribution < 1.29 is 14.3 Å². The van der Waals surface area contributed by atoms with Gasteiger partial charge in [0.1, 0.15) is 6.26 Å². The second-order valence-corrected chi connectivity index (χ2v) is 4.60. The van der Waals surface area contributed by atoms with Crippen molar-refractivity contribution in [1.29, 1.82) is 0 Å². The molecule has 0 amide bonds. The average Bonchev–Trinajstić information content (AvgIpc) is 3.19.